The average Bonchev–Trinajstić information content (AvgIpc) is 3.44. The summed E-state index contributed by atoms with van der Waals surface area (Å²) in [5.41, 5.74) is 2.78. The molecule has 4 heterocycles. The number of aryl methyl sites for hydroxylation is 1. The number of hydrogen-bond acceptors (Lipinski definition) is 6. The summed E-state index contributed by atoms with van der Waals surface area (Å²) in [6.45, 7) is 2.96. The Hall–Kier alpha value is -3.75. The van der Waals surface area contributed by atoms with E-state index in [2.05, 4.69) is 15.2 Å². The average molecular weight is 435 g/mol. The number of carbonyl (C=O) groups excluding carboxylic acids is 1. The van der Waals surface area contributed by atoms with Crippen molar-refractivity contribution >= 4 is 11.6 Å². The molecule has 1 saturated heterocycles. The van der Waals surface area contributed by atoms with Gasteiger partial charge in [0.05, 0.1) is 12.8 Å². The third-order valence-electron chi connectivity index (χ3n) is 5.73. The van der Waals surface area contributed by atoms with Crippen molar-refractivity contribution in [3.05, 3.63) is 65.7 Å². The molecular formula is C23H22FN5O3. The molecule has 0 unspecified atom stereocenters. The van der Waals surface area contributed by atoms with E-state index in [9.17, 15) is 9.18 Å². The van der Waals surface area contributed by atoms with E-state index in [1.807, 2.05) is 18.3 Å². The standard InChI is InChI=1S/C23H22FN5O3/c1-14-10-20(32-27-14)23(30)28-9-3-4-16(12-28)22-25-21-8-5-15(13-29(21)26-22)18-11-17(24)6-7-19(18)31-2/h5-8,10-11,13,16H,3-4,9,12H2,1-2H3/t16-/m0/s1. The number of likely N-dealkylation sites (tertiary alicyclic amines) is 1. The highest BCUT2D eigenvalue weighted by Gasteiger charge is 2.29. The molecule has 164 valence electrons. The van der Waals surface area contributed by atoms with Gasteiger partial charge in [0.2, 0.25) is 5.76 Å². The maximum Gasteiger partial charge on any atom is 0.292 e. The van der Waals surface area contributed by atoms with Gasteiger partial charge in [-0.1, -0.05) is 5.16 Å². The highest BCUT2D eigenvalue weighted by Crippen LogP contribution is 2.31. The van der Waals surface area contributed by atoms with Gasteiger partial charge < -0.3 is 14.2 Å². The van der Waals surface area contributed by atoms with Crippen LogP contribution in [0.3, 0.4) is 0 Å². The summed E-state index contributed by atoms with van der Waals surface area (Å²) in [6, 6.07) is 9.77. The predicted octanol–water partition coefficient (Wildman–Crippen LogP) is 3.86. The zero-order valence-corrected chi connectivity index (χ0v) is 17.8. The summed E-state index contributed by atoms with van der Waals surface area (Å²) in [5, 5.41) is 8.47. The van der Waals surface area contributed by atoms with Crippen molar-refractivity contribution < 1.29 is 18.4 Å². The Morgan fingerprint density at radius 3 is 2.91 bits per heavy atom. The van der Waals surface area contributed by atoms with Crippen LogP contribution in [-0.4, -0.2) is 50.8 Å². The minimum atomic E-state index is -0.339. The van der Waals surface area contributed by atoms with Gasteiger partial charge in [-0.2, -0.15) is 5.10 Å². The molecule has 0 N–H and O–H groups in total. The van der Waals surface area contributed by atoms with Crippen LogP contribution in [0, 0.1) is 12.7 Å². The van der Waals surface area contributed by atoms with E-state index >= 15 is 0 Å². The Bertz CT molecular complexity index is 1300. The fraction of sp³-hybridized carbons (Fsp3) is 0.304. The summed E-state index contributed by atoms with van der Waals surface area (Å²) >= 11 is 0. The lowest BCUT2D eigenvalue weighted by atomic mass is 9.97. The number of amides is 1. The van der Waals surface area contributed by atoms with E-state index in [-0.39, 0.29) is 23.4 Å². The number of ether oxygens (including phenoxy) is 1. The number of carbonyl (C=O) groups is 1. The maximum atomic E-state index is 13.8. The second-order valence-electron chi connectivity index (χ2n) is 7.96. The Labute approximate surface area is 183 Å². The Balaban J connectivity index is 1.41. The lowest BCUT2D eigenvalue weighted by Gasteiger charge is -2.30. The minimum Gasteiger partial charge on any atom is -0.496 e. The van der Waals surface area contributed by atoms with Crippen molar-refractivity contribution in [1.82, 2.24) is 24.7 Å². The van der Waals surface area contributed by atoms with E-state index in [0.29, 0.717) is 41.6 Å². The summed E-state index contributed by atoms with van der Waals surface area (Å²) in [7, 11) is 1.55. The number of halogens is 1. The number of rotatable bonds is 4. The molecule has 9 heteroatoms. The Morgan fingerprint density at radius 1 is 1.25 bits per heavy atom. The summed E-state index contributed by atoms with van der Waals surface area (Å²) in [5.74, 6) is 1.02. The molecule has 4 aromatic rings. The molecule has 1 amide bonds. The number of fused-ring (bicyclic) bond motifs is 1. The molecular weight excluding hydrogens is 413 g/mol. The molecule has 0 bridgehead atoms. The van der Waals surface area contributed by atoms with Crippen molar-refractivity contribution in [3.8, 4) is 16.9 Å². The quantitative estimate of drug-likeness (QED) is 0.484. The summed E-state index contributed by atoms with van der Waals surface area (Å²) in [4.78, 5) is 19.2. The van der Waals surface area contributed by atoms with Gasteiger partial charge in [-0.05, 0) is 50.1 Å². The van der Waals surface area contributed by atoms with E-state index in [4.69, 9.17) is 9.26 Å². The second-order valence-corrected chi connectivity index (χ2v) is 7.96. The van der Waals surface area contributed by atoms with Crippen LogP contribution in [-0.2, 0) is 0 Å². The first-order chi connectivity index (χ1) is 15.5. The fourth-order valence-electron chi connectivity index (χ4n) is 4.13. The van der Waals surface area contributed by atoms with Crippen molar-refractivity contribution in [3.63, 3.8) is 0 Å². The third-order valence-corrected chi connectivity index (χ3v) is 5.73. The lowest BCUT2D eigenvalue weighted by Crippen LogP contribution is -2.39. The first-order valence-corrected chi connectivity index (χ1v) is 10.4. The fourth-order valence-corrected chi connectivity index (χ4v) is 4.13. The van der Waals surface area contributed by atoms with E-state index in [1.54, 1.807) is 35.6 Å². The number of hydrogen-bond donors (Lipinski definition) is 0. The van der Waals surface area contributed by atoms with Gasteiger partial charge in [-0.3, -0.25) is 4.79 Å². The predicted molar refractivity (Wildman–Crippen MR) is 114 cm³/mol. The molecule has 32 heavy (non-hydrogen) atoms. The highest BCUT2D eigenvalue weighted by molar-refractivity contribution is 5.91. The topological polar surface area (TPSA) is 85.8 Å². The number of piperidine rings is 1. The zero-order chi connectivity index (χ0) is 22.2. The van der Waals surface area contributed by atoms with E-state index in [0.717, 1.165) is 18.4 Å². The molecule has 1 aliphatic rings. The van der Waals surface area contributed by atoms with Gasteiger partial charge in [-0.15, -0.1) is 0 Å². The molecule has 3 aromatic heterocycles. The second kappa shape index (κ2) is 8.07. The monoisotopic (exact) mass is 435 g/mol. The third kappa shape index (κ3) is 3.70. The zero-order valence-electron chi connectivity index (χ0n) is 17.8. The molecule has 1 atom stereocenters. The highest BCUT2D eigenvalue weighted by atomic mass is 19.1. The molecule has 0 radical (unpaired) electrons. The summed E-state index contributed by atoms with van der Waals surface area (Å²) in [6.07, 6.45) is 3.55. The van der Waals surface area contributed by atoms with Gasteiger partial charge in [0, 0.05) is 42.4 Å². The number of nitrogens with zero attached hydrogens (tertiary/aromatic N) is 5. The van der Waals surface area contributed by atoms with Crippen molar-refractivity contribution in [1.29, 1.82) is 0 Å². The molecule has 1 aromatic carbocycles. The number of benzene rings is 1. The summed E-state index contributed by atoms with van der Waals surface area (Å²) < 4.78 is 26.0. The Kier molecular flexibility index (Phi) is 5.08. The van der Waals surface area contributed by atoms with Gasteiger partial charge in [0.25, 0.3) is 5.91 Å². The van der Waals surface area contributed by atoms with Crippen LogP contribution in [0.5, 0.6) is 5.75 Å². The first kappa shape index (κ1) is 20.2. The van der Waals surface area contributed by atoms with E-state index < -0.39 is 0 Å². The normalized spacial score (nSPS) is 16.5. The SMILES string of the molecule is COc1ccc(F)cc1-c1ccc2nc([C@H]3CCCN(C(=O)c4cc(C)no4)C3)nn2c1. The first-order valence-electron chi connectivity index (χ1n) is 10.4. The van der Waals surface area contributed by atoms with Gasteiger partial charge in [0.1, 0.15) is 11.6 Å². The van der Waals surface area contributed by atoms with Crippen molar-refractivity contribution in [2.45, 2.75) is 25.7 Å². The van der Waals surface area contributed by atoms with Crippen molar-refractivity contribution in [2.75, 3.05) is 20.2 Å². The molecule has 5 rings (SSSR count). The van der Waals surface area contributed by atoms with Crippen LogP contribution in [0.25, 0.3) is 16.8 Å². The van der Waals surface area contributed by atoms with Crippen LogP contribution in [0.4, 0.5) is 4.39 Å². The van der Waals surface area contributed by atoms with E-state index in [1.165, 1.54) is 12.1 Å². The number of pyridine rings is 1. The van der Waals surface area contributed by atoms with Crippen LogP contribution < -0.4 is 4.74 Å². The smallest absolute Gasteiger partial charge is 0.292 e. The number of aromatic nitrogens is 4. The van der Waals surface area contributed by atoms with Crippen LogP contribution >= 0.6 is 0 Å². The lowest BCUT2D eigenvalue weighted by molar-refractivity contribution is 0.0662. The molecule has 0 saturated carbocycles. The molecule has 1 aliphatic heterocycles. The molecule has 8 nitrogen and oxygen atoms in total. The minimum absolute atomic E-state index is 0.0174. The van der Waals surface area contributed by atoms with Crippen LogP contribution in [0.2, 0.25) is 0 Å². The molecule has 1 fully saturated rings. The largest absolute Gasteiger partial charge is 0.496 e. The Morgan fingerprint density at radius 2 is 2.12 bits per heavy atom. The van der Waals surface area contributed by atoms with Crippen molar-refractivity contribution in [2.24, 2.45) is 0 Å². The molecule has 0 aliphatic carbocycles. The van der Waals surface area contributed by atoms with Gasteiger partial charge >= 0.3 is 0 Å². The van der Waals surface area contributed by atoms with Crippen LogP contribution in [0.1, 0.15) is 40.8 Å². The van der Waals surface area contributed by atoms with Crippen LogP contribution in [0.15, 0.2) is 47.1 Å². The molecule has 0 spiro atoms. The van der Waals surface area contributed by atoms with Gasteiger partial charge in [-0.25, -0.2) is 13.9 Å². The van der Waals surface area contributed by atoms with Gasteiger partial charge in [0.15, 0.2) is 11.5 Å². The maximum absolute atomic E-state index is 13.8. The number of methoxy groups -OCH3 is 1.